The van der Waals surface area contributed by atoms with Gasteiger partial charge in [0.25, 0.3) is 5.91 Å². The third-order valence-corrected chi connectivity index (χ3v) is 3.82. The van der Waals surface area contributed by atoms with Crippen molar-refractivity contribution in [2.75, 3.05) is 0 Å². The van der Waals surface area contributed by atoms with E-state index in [9.17, 15) is 15.0 Å². The lowest BCUT2D eigenvalue weighted by Crippen LogP contribution is -1.92. The van der Waals surface area contributed by atoms with Gasteiger partial charge in [0.15, 0.2) is 5.69 Å². The molecule has 0 atom stereocenters. The van der Waals surface area contributed by atoms with Crippen molar-refractivity contribution < 1.29 is 15.0 Å². The van der Waals surface area contributed by atoms with E-state index in [-0.39, 0.29) is 22.9 Å². The van der Waals surface area contributed by atoms with Gasteiger partial charge in [0.2, 0.25) is 5.88 Å². The Hall–Kier alpha value is -3.15. The minimum atomic E-state index is -0.588. The summed E-state index contributed by atoms with van der Waals surface area (Å²) in [7, 11) is 0. The molecule has 1 heterocycles. The number of benzene rings is 2. The van der Waals surface area contributed by atoms with E-state index in [1.807, 2.05) is 32.0 Å². The van der Waals surface area contributed by atoms with E-state index in [2.05, 4.69) is 10.2 Å². The van der Waals surface area contributed by atoms with E-state index in [0.717, 1.165) is 16.5 Å². The molecular formula is C18H17N3O3. The molecule has 0 radical (unpaired) electrons. The van der Waals surface area contributed by atoms with Gasteiger partial charge in [-0.15, -0.1) is 10.2 Å². The van der Waals surface area contributed by atoms with Crippen LogP contribution in [0.3, 0.4) is 0 Å². The fourth-order valence-corrected chi connectivity index (χ4v) is 2.65. The number of aryl methyl sites for hydroxylation is 2. The maximum atomic E-state index is 12.1. The van der Waals surface area contributed by atoms with Crippen LogP contribution >= 0.6 is 0 Å². The number of hydrogen-bond acceptors (Lipinski definition) is 4. The van der Waals surface area contributed by atoms with Gasteiger partial charge in [0.1, 0.15) is 5.75 Å². The van der Waals surface area contributed by atoms with Crippen molar-refractivity contribution in [1.82, 2.24) is 4.57 Å². The van der Waals surface area contributed by atoms with Crippen molar-refractivity contribution in [3.05, 3.63) is 53.6 Å². The number of aromatic hydroxyl groups is 2. The summed E-state index contributed by atoms with van der Waals surface area (Å²) in [5.41, 5.74) is 2.35. The lowest BCUT2D eigenvalue weighted by atomic mass is 10.1. The summed E-state index contributed by atoms with van der Waals surface area (Å²) in [6.07, 6.45) is 0. The van der Waals surface area contributed by atoms with Crippen LogP contribution < -0.4 is 0 Å². The molecule has 1 amide bonds. The van der Waals surface area contributed by atoms with Crippen LogP contribution in [0.1, 0.15) is 22.8 Å². The van der Waals surface area contributed by atoms with Crippen LogP contribution in [0.25, 0.3) is 10.9 Å². The van der Waals surface area contributed by atoms with Crippen LogP contribution in [0.15, 0.2) is 52.7 Å². The van der Waals surface area contributed by atoms with Crippen molar-refractivity contribution in [1.29, 1.82) is 0 Å². The monoisotopic (exact) mass is 323 g/mol. The molecule has 122 valence electrons. The van der Waals surface area contributed by atoms with Crippen LogP contribution in [0, 0.1) is 6.92 Å². The highest BCUT2D eigenvalue weighted by Crippen LogP contribution is 2.39. The zero-order valence-electron chi connectivity index (χ0n) is 13.4. The molecule has 24 heavy (non-hydrogen) atoms. The molecule has 3 aromatic rings. The minimum absolute atomic E-state index is 0.0166. The number of azo groups is 1. The Morgan fingerprint density at radius 2 is 1.96 bits per heavy atom. The highest BCUT2D eigenvalue weighted by molar-refractivity contribution is 5.97. The predicted molar refractivity (Wildman–Crippen MR) is 91.0 cm³/mol. The van der Waals surface area contributed by atoms with Crippen LogP contribution in [-0.2, 0) is 6.54 Å². The number of hydrogen-bond donors (Lipinski definition) is 2. The summed E-state index contributed by atoms with van der Waals surface area (Å²) in [5, 5.41) is 28.2. The van der Waals surface area contributed by atoms with Crippen LogP contribution in [-0.4, -0.2) is 20.7 Å². The second-order valence-electron chi connectivity index (χ2n) is 5.49. The molecule has 0 saturated carbocycles. The first-order chi connectivity index (χ1) is 11.5. The van der Waals surface area contributed by atoms with Gasteiger partial charge in [-0.05, 0) is 44.2 Å². The van der Waals surface area contributed by atoms with Crippen molar-refractivity contribution in [2.24, 2.45) is 10.2 Å². The average molecular weight is 323 g/mol. The number of aromatic nitrogens is 1. The molecule has 2 aromatic carbocycles. The molecule has 0 spiro atoms. The van der Waals surface area contributed by atoms with Gasteiger partial charge in [-0.25, -0.2) is 0 Å². The molecule has 1 aromatic heterocycles. The van der Waals surface area contributed by atoms with Crippen LogP contribution in [0.2, 0.25) is 0 Å². The van der Waals surface area contributed by atoms with Gasteiger partial charge in [-0.1, -0.05) is 17.7 Å². The molecule has 0 unspecified atom stereocenters. The lowest BCUT2D eigenvalue weighted by molar-refractivity contribution is 0.0994. The number of nitrogens with zero attached hydrogens (tertiary/aromatic N) is 3. The zero-order valence-corrected chi connectivity index (χ0v) is 13.4. The number of rotatable bonds is 3. The Labute approximate surface area is 138 Å². The van der Waals surface area contributed by atoms with Gasteiger partial charge in [-0.2, -0.15) is 0 Å². The normalized spacial score (nSPS) is 11.4. The largest absolute Gasteiger partial charge is 0.508 e. The first-order valence-electron chi connectivity index (χ1n) is 7.58. The molecule has 0 saturated heterocycles. The molecule has 0 aliphatic carbocycles. The van der Waals surface area contributed by atoms with E-state index in [1.165, 1.54) is 12.1 Å². The number of phenolic OH excluding ortho intramolecular Hbond substituents is 1. The smallest absolute Gasteiger partial charge is 0.295 e. The van der Waals surface area contributed by atoms with Crippen molar-refractivity contribution in [3.63, 3.8) is 0 Å². The molecule has 0 aliphatic rings. The summed E-state index contributed by atoms with van der Waals surface area (Å²) in [5.74, 6) is -0.627. The van der Waals surface area contributed by atoms with E-state index >= 15 is 0 Å². The van der Waals surface area contributed by atoms with Gasteiger partial charge >= 0.3 is 0 Å². The van der Waals surface area contributed by atoms with Gasteiger partial charge in [0.05, 0.1) is 5.52 Å². The number of fused-ring (bicyclic) bond motifs is 1. The number of amides is 1. The Balaban J connectivity index is 2.05. The highest BCUT2D eigenvalue weighted by Gasteiger charge is 2.16. The number of carbonyl (C=O) groups excluding carboxylic acids is 1. The Kier molecular flexibility index (Phi) is 4.04. The van der Waals surface area contributed by atoms with E-state index < -0.39 is 5.91 Å². The van der Waals surface area contributed by atoms with Gasteiger partial charge in [-0.3, -0.25) is 4.79 Å². The van der Waals surface area contributed by atoms with E-state index in [1.54, 1.807) is 16.7 Å². The minimum Gasteiger partial charge on any atom is -0.508 e. The summed E-state index contributed by atoms with van der Waals surface area (Å²) in [4.78, 5) is 12.1. The standard InChI is InChI=1S/C18H17N3O3/c1-3-21-15-8-7-11(2)9-14(15)16(18(21)24)19-20-17(23)12-5-4-6-13(22)10-12/h4-10,22,24H,3H2,1-2H3. The van der Waals surface area contributed by atoms with E-state index in [0.29, 0.717) is 6.54 Å². The lowest BCUT2D eigenvalue weighted by Gasteiger charge is -2.01. The Morgan fingerprint density at radius 1 is 1.17 bits per heavy atom. The molecule has 0 fully saturated rings. The molecule has 6 heteroatoms. The number of phenols is 1. The van der Waals surface area contributed by atoms with Crippen molar-refractivity contribution in [3.8, 4) is 11.6 Å². The quantitative estimate of drug-likeness (QED) is 0.704. The Bertz CT molecular complexity index is 958. The third-order valence-electron chi connectivity index (χ3n) is 3.82. The first kappa shape index (κ1) is 15.7. The molecular weight excluding hydrogens is 306 g/mol. The van der Waals surface area contributed by atoms with Gasteiger partial charge in [0, 0.05) is 17.5 Å². The second-order valence-corrected chi connectivity index (χ2v) is 5.49. The molecule has 6 nitrogen and oxygen atoms in total. The SMILES string of the molecule is CCn1c(O)c(N=NC(=O)c2cccc(O)c2)c2cc(C)ccc21. The Morgan fingerprint density at radius 3 is 2.67 bits per heavy atom. The maximum Gasteiger partial charge on any atom is 0.295 e. The summed E-state index contributed by atoms with van der Waals surface area (Å²) in [6, 6.07) is 11.6. The van der Waals surface area contributed by atoms with E-state index in [4.69, 9.17) is 0 Å². The van der Waals surface area contributed by atoms with Crippen molar-refractivity contribution >= 4 is 22.5 Å². The highest BCUT2D eigenvalue weighted by atomic mass is 16.3. The van der Waals surface area contributed by atoms with Crippen molar-refractivity contribution in [2.45, 2.75) is 20.4 Å². The molecule has 0 bridgehead atoms. The fraction of sp³-hybridized carbons (Fsp3) is 0.167. The predicted octanol–water partition coefficient (Wildman–Crippen LogP) is 4.30. The summed E-state index contributed by atoms with van der Waals surface area (Å²) in [6.45, 7) is 4.43. The molecule has 0 aliphatic heterocycles. The van der Waals surface area contributed by atoms with Crippen LogP contribution in [0.5, 0.6) is 11.6 Å². The summed E-state index contributed by atoms with van der Waals surface area (Å²) >= 11 is 0. The fourth-order valence-electron chi connectivity index (χ4n) is 2.65. The zero-order chi connectivity index (χ0) is 17.3. The topological polar surface area (TPSA) is 87.2 Å². The number of carbonyl (C=O) groups is 1. The second kappa shape index (κ2) is 6.16. The summed E-state index contributed by atoms with van der Waals surface area (Å²) < 4.78 is 1.71. The third kappa shape index (κ3) is 2.74. The van der Waals surface area contributed by atoms with Gasteiger partial charge < -0.3 is 14.8 Å². The molecule has 3 rings (SSSR count). The van der Waals surface area contributed by atoms with Crippen LogP contribution in [0.4, 0.5) is 5.69 Å². The maximum absolute atomic E-state index is 12.1. The molecule has 2 N–H and O–H groups in total. The first-order valence-corrected chi connectivity index (χ1v) is 7.58. The average Bonchev–Trinajstić information content (AvgIpc) is 2.83.